The summed E-state index contributed by atoms with van der Waals surface area (Å²) in [4.78, 5) is 16.9. The van der Waals surface area contributed by atoms with Crippen LogP contribution in [0.2, 0.25) is 0 Å². The van der Waals surface area contributed by atoms with Crippen LogP contribution in [-0.4, -0.2) is 47.2 Å². The summed E-state index contributed by atoms with van der Waals surface area (Å²) in [7, 11) is 0. The first-order valence-corrected chi connectivity index (χ1v) is 11.5. The van der Waals surface area contributed by atoms with Crippen molar-refractivity contribution in [2.45, 2.75) is 9.96 Å². The third-order valence-corrected chi connectivity index (χ3v) is 8.06. The predicted molar refractivity (Wildman–Crippen MR) is 114 cm³/mol. The number of fused-ring (bicyclic) bond motifs is 3. The van der Waals surface area contributed by atoms with Crippen LogP contribution in [0.15, 0.2) is 38.3 Å². The fourth-order valence-electron chi connectivity index (χ4n) is 3.68. The fraction of sp³-hybridized carbons (Fsp3) is 0.263. The van der Waals surface area contributed by atoms with Crippen molar-refractivity contribution in [1.82, 2.24) is 15.1 Å². The molecular formula is C19H16BrFN4OS2. The lowest BCUT2D eigenvalue weighted by Gasteiger charge is -2.36. The van der Waals surface area contributed by atoms with Gasteiger partial charge in [-0.25, -0.2) is 4.39 Å². The number of nitrogens with zero attached hydrogens (tertiary/aromatic N) is 3. The number of rotatable bonds is 2. The average Bonchev–Trinajstić information content (AvgIpc) is 3.30. The Bertz CT molecular complexity index is 1060. The number of carbonyl (C=O) groups is 1. The molecule has 0 atom stereocenters. The van der Waals surface area contributed by atoms with Gasteiger partial charge in [0.25, 0.3) is 5.91 Å². The first-order chi connectivity index (χ1) is 13.6. The summed E-state index contributed by atoms with van der Waals surface area (Å²) >= 11 is 6.97. The zero-order chi connectivity index (χ0) is 19.3. The van der Waals surface area contributed by atoms with E-state index in [0.717, 1.165) is 26.4 Å². The van der Waals surface area contributed by atoms with Crippen LogP contribution >= 0.6 is 39.0 Å². The van der Waals surface area contributed by atoms with E-state index in [4.69, 9.17) is 0 Å². The minimum Gasteiger partial charge on any atom is -0.366 e. The standard InChI is InChI=1S/C19H16BrFN4OS2/c20-15-9-11-16-12(10-27-19(11)28-15)17(23-22-16)18(26)25-7-5-24(6-8-25)14-4-2-1-3-13(14)21/h1-4,9H,5-8,10H2,(H,22,23). The second kappa shape index (κ2) is 7.20. The molecule has 0 aliphatic carbocycles. The fourth-order valence-corrected chi connectivity index (χ4v) is 6.88. The normalized spacial score (nSPS) is 16.1. The quantitative estimate of drug-likeness (QED) is 0.584. The molecule has 2 aromatic heterocycles. The van der Waals surface area contributed by atoms with Gasteiger partial charge in [-0.1, -0.05) is 12.1 Å². The third kappa shape index (κ3) is 3.05. The Labute approximate surface area is 178 Å². The van der Waals surface area contributed by atoms with E-state index in [1.807, 2.05) is 15.9 Å². The number of nitrogens with one attached hydrogen (secondary N) is 1. The summed E-state index contributed by atoms with van der Waals surface area (Å²) in [5.74, 6) is 0.488. The number of hydrogen-bond acceptors (Lipinski definition) is 5. The summed E-state index contributed by atoms with van der Waals surface area (Å²) in [6, 6.07) is 8.84. The smallest absolute Gasteiger partial charge is 0.272 e. The number of carbonyl (C=O) groups excluding carboxylic acids is 1. The highest BCUT2D eigenvalue weighted by Gasteiger charge is 2.31. The molecule has 1 fully saturated rings. The second-order valence-corrected chi connectivity index (χ2v) is 10.4. The Balaban J connectivity index is 1.34. The van der Waals surface area contributed by atoms with Crippen LogP contribution in [0.3, 0.4) is 0 Å². The molecule has 2 aliphatic heterocycles. The van der Waals surface area contributed by atoms with Crippen molar-refractivity contribution in [3.8, 4) is 11.3 Å². The van der Waals surface area contributed by atoms with Gasteiger partial charge in [0.2, 0.25) is 0 Å². The van der Waals surface area contributed by atoms with Crippen molar-refractivity contribution in [3.63, 3.8) is 0 Å². The largest absolute Gasteiger partial charge is 0.366 e. The van der Waals surface area contributed by atoms with E-state index in [1.54, 1.807) is 35.2 Å². The first kappa shape index (κ1) is 18.2. The van der Waals surface area contributed by atoms with Gasteiger partial charge >= 0.3 is 0 Å². The van der Waals surface area contributed by atoms with E-state index in [0.29, 0.717) is 37.6 Å². The molecule has 1 amide bonds. The van der Waals surface area contributed by atoms with Gasteiger partial charge in [0.15, 0.2) is 0 Å². The molecule has 4 heterocycles. The molecule has 1 aromatic carbocycles. The van der Waals surface area contributed by atoms with Gasteiger partial charge in [-0.2, -0.15) is 5.10 Å². The monoisotopic (exact) mass is 478 g/mol. The van der Waals surface area contributed by atoms with Crippen molar-refractivity contribution >= 4 is 50.6 Å². The zero-order valence-corrected chi connectivity index (χ0v) is 18.0. The molecule has 0 bridgehead atoms. The van der Waals surface area contributed by atoms with Crippen molar-refractivity contribution in [1.29, 1.82) is 0 Å². The number of H-pyrrole nitrogens is 1. The average molecular weight is 479 g/mol. The Morgan fingerprint density at radius 3 is 2.79 bits per heavy atom. The predicted octanol–water partition coefficient (Wildman–Crippen LogP) is 4.61. The minimum atomic E-state index is -0.223. The summed E-state index contributed by atoms with van der Waals surface area (Å²) in [6.07, 6.45) is 0. The molecule has 1 saturated heterocycles. The molecule has 28 heavy (non-hydrogen) atoms. The van der Waals surface area contributed by atoms with Gasteiger partial charge in [0.1, 0.15) is 11.5 Å². The second-order valence-electron chi connectivity index (χ2n) is 6.70. The molecule has 3 aromatic rings. The van der Waals surface area contributed by atoms with Gasteiger partial charge in [-0.3, -0.25) is 9.89 Å². The van der Waals surface area contributed by atoms with Crippen LogP contribution in [0, 0.1) is 5.82 Å². The van der Waals surface area contributed by atoms with Gasteiger partial charge in [-0.05, 0) is 34.1 Å². The Hall–Kier alpha value is -1.84. The molecular weight excluding hydrogens is 463 g/mol. The number of aromatic amines is 1. The van der Waals surface area contributed by atoms with E-state index < -0.39 is 0 Å². The van der Waals surface area contributed by atoms with Crippen molar-refractivity contribution < 1.29 is 9.18 Å². The minimum absolute atomic E-state index is 0.0275. The Morgan fingerprint density at radius 1 is 1.21 bits per heavy atom. The van der Waals surface area contributed by atoms with E-state index in [2.05, 4.69) is 32.2 Å². The van der Waals surface area contributed by atoms with E-state index >= 15 is 0 Å². The maximum absolute atomic E-state index is 14.0. The highest BCUT2D eigenvalue weighted by molar-refractivity contribution is 9.11. The molecule has 5 rings (SSSR count). The lowest BCUT2D eigenvalue weighted by atomic mass is 10.1. The van der Waals surface area contributed by atoms with Gasteiger partial charge in [0, 0.05) is 43.1 Å². The third-order valence-electron chi connectivity index (χ3n) is 5.11. The Kier molecular flexibility index (Phi) is 4.68. The van der Waals surface area contributed by atoms with Crippen molar-refractivity contribution in [2.24, 2.45) is 0 Å². The van der Waals surface area contributed by atoms with E-state index in [9.17, 15) is 9.18 Å². The molecule has 9 heteroatoms. The number of halogens is 2. The number of aromatic nitrogens is 2. The molecule has 0 saturated carbocycles. The summed E-state index contributed by atoms with van der Waals surface area (Å²) < 4.78 is 16.3. The molecule has 0 spiro atoms. The number of benzene rings is 1. The molecule has 2 aliphatic rings. The number of thiophene rings is 1. The van der Waals surface area contributed by atoms with E-state index in [-0.39, 0.29) is 11.7 Å². The van der Waals surface area contributed by atoms with Gasteiger partial charge in [-0.15, -0.1) is 23.1 Å². The van der Waals surface area contributed by atoms with Crippen molar-refractivity contribution in [2.75, 3.05) is 31.1 Å². The number of para-hydroxylation sites is 1. The summed E-state index contributed by atoms with van der Waals surface area (Å²) in [5.41, 5.74) is 4.12. The SMILES string of the molecule is O=C(c1[nH]nc2c1CSc1sc(Br)cc1-2)N1CCN(c2ccccc2F)CC1. The van der Waals surface area contributed by atoms with E-state index in [1.165, 1.54) is 10.3 Å². The number of hydrogen-bond donors (Lipinski definition) is 1. The lowest BCUT2D eigenvalue weighted by molar-refractivity contribution is 0.0740. The van der Waals surface area contributed by atoms with Crippen molar-refractivity contribution in [3.05, 3.63) is 51.2 Å². The summed E-state index contributed by atoms with van der Waals surface area (Å²) in [5, 5.41) is 7.42. The van der Waals surface area contributed by atoms with Crippen LogP contribution < -0.4 is 4.90 Å². The number of piperazine rings is 1. The highest BCUT2D eigenvalue weighted by atomic mass is 79.9. The number of anilines is 1. The Morgan fingerprint density at radius 2 is 2.00 bits per heavy atom. The van der Waals surface area contributed by atoms with Crippen LogP contribution in [-0.2, 0) is 5.75 Å². The van der Waals surface area contributed by atoms with Crippen LogP contribution in [0.5, 0.6) is 0 Å². The molecule has 5 nitrogen and oxygen atoms in total. The number of amides is 1. The maximum atomic E-state index is 14.0. The maximum Gasteiger partial charge on any atom is 0.272 e. The van der Waals surface area contributed by atoms with Crippen LogP contribution in [0.25, 0.3) is 11.3 Å². The highest BCUT2D eigenvalue weighted by Crippen LogP contribution is 2.47. The zero-order valence-electron chi connectivity index (χ0n) is 14.7. The molecule has 144 valence electrons. The first-order valence-electron chi connectivity index (χ1n) is 8.90. The summed E-state index contributed by atoms with van der Waals surface area (Å²) in [6.45, 7) is 2.34. The lowest BCUT2D eigenvalue weighted by Crippen LogP contribution is -2.49. The molecule has 1 N–H and O–H groups in total. The van der Waals surface area contributed by atoms with Gasteiger partial charge in [0.05, 0.1) is 19.4 Å². The topological polar surface area (TPSA) is 52.2 Å². The number of thioether (sulfide) groups is 1. The van der Waals surface area contributed by atoms with Gasteiger partial charge < -0.3 is 9.80 Å². The van der Waals surface area contributed by atoms with Crippen LogP contribution in [0.4, 0.5) is 10.1 Å². The molecule has 0 radical (unpaired) electrons. The molecule has 0 unspecified atom stereocenters. The van der Waals surface area contributed by atoms with Crippen LogP contribution in [0.1, 0.15) is 16.1 Å².